The second-order valence-corrected chi connectivity index (χ2v) is 4.81. The molecule has 0 aromatic heterocycles. The third kappa shape index (κ3) is 11.9. The Balaban J connectivity index is 0.000000358. The largest absolute Gasteiger partial charge is 0.631 e. The van der Waals surface area contributed by atoms with Gasteiger partial charge in [-0.05, 0) is 36.4 Å². The van der Waals surface area contributed by atoms with Gasteiger partial charge in [0.25, 0.3) is 0 Å². The summed E-state index contributed by atoms with van der Waals surface area (Å²) in [6.45, 7) is 0. The molecule has 3 aromatic carbocycles. The molecular formula is C18H21BO9. The Hall–Kier alpha value is -3.60. The van der Waals surface area contributed by atoms with Gasteiger partial charge in [0.05, 0.1) is 0 Å². The van der Waals surface area contributed by atoms with E-state index in [1.807, 2.05) is 0 Å². The van der Waals surface area contributed by atoms with E-state index >= 15 is 0 Å². The number of hydrogen-bond acceptors (Lipinski definition) is 9. The Bertz CT molecular complexity index is 643. The number of phenolic OH excluding ortho intramolecular Hbond substituents is 6. The lowest BCUT2D eigenvalue weighted by Crippen LogP contribution is -2.07. The topological polar surface area (TPSA) is 182 Å². The van der Waals surface area contributed by atoms with Crippen molar-refractivity contribution in [3.05, 3.63) is 72.8 Å². The quantitative estimate of drug-likeness (QED) is 0.201. The molecular weight excluding hydrogens is 371 g/mol. The minimum absolute atomic E-state index is 0.0764. The summed E-state index contributed by atoms with van der Waals surface area (Å²) in [4.78, 5) is 0. The molecule has 3 rings (SSSR count). The van der Waals surface area contributed by atoms with Crippen LogP contribution in [0.4, 0.5) is 0 Å². The van der Waals surface area contributed by atoms with E-state index in [0.29, 0.717) is 0 Å². The van der Waals surface area contributed by atoms with Gasteiger partial charge in [-0.3, -0.25) is 0 Å². The van der Waals surface area contributed by atoms with E-state index in [4.69, 9.17) is 45.7 Å². The number of rotatable bonds is 0. The normalized spacial score (nSPS) is 8.68. The van der Waals surface area contributed by atoms with Crippen LogP contribution in [0, 0.1) is 0 Å². The van der Waals surface area contributed by atoms with Crippen LogP contribution in [0.15, 0.2) is 72.8 Å². The first-order valence-electron chi connectivity index (χ1n) is 7.60. The molecule has 0 unspecified atom stereocenters. The summed E-state index contributed by atoms with van der Waals surface area (Å²) in [6.07, 6.45) is 0. The summed E-state index contributed by atoms with van der Waals surface area (Å²) in [6, 6.07) is 18.4. The third-order valence-corrected chi connectivity index (χ3v) is 2.65. The average molecular weight is 392 g/mol. The van der Waals surface area contributed by atoms with E-state index in [0.717, 1.165) is 0 Å². The van der Waals surface area contributed by atoms with Crippen molar-refractivity contribution in [3.8, 4) is 34.5 Å². The molecule has 0 heterocycles. The Morgan fingerprint density at radius 3 is 0.536 bits per heavy atom. The molecule has 150 valence electrons. The Kier molecular flexibility index (Phi) is 11.8. The molecule has 0 spiro atoms. The Morgan fingerprint density at radius 1 is 0.357 bits per heavy atom. The second-order valence-electron chi connectivity index (χ2n) is 4.81. The van der Waals surface area contributed by atoms with Crippen LogP contribution in [-0.2, 0) is 0 Å². The minimum atomic E-state index is -2.17. The molecule has 0 amide bonds. The molecule has 0 fully saturated rings. The summed E-state index contributed by atoms with van der Waals surface area (Å²) in [5.41, 5.74) is 0. The van der Waals surface area contributed by atoms with Gasteiger partial charge in [0.15, 0.2) is 34.5 Å². The zero-order valence-corrected chi connectivity index (χ0v) is 14.5. The number of aromatic hydroxyl groups is 6. The van der Waals surface area contributed by atoms with Crippen LogP contribution in [0.25, 0.3) is 0 Å². The lowest BCUT2D eigenvalue weighted by Gasteiger charge is -1.91. The number of hydrogen-bond donors (Lipinski definition) is 9. The Morgan fingerprint density at radius 2 is 0.464 bits per heavy atom. The maximum Gasteiger partial charge on any atom is 0.631 e. The van der Waals surface area contributed by atoms with Gasteiger partial charge in [0.1, 0.15) is 0 Å². The highest BCUT2D eigenvalue weighted by molar-refractivity contribution is 6.30. The molecule has 9 nitrogen and oxygen atoms in total. The van der Waals surface area contributed by atoms with Crippen molar-refractivity contribution in [3.63, 3.8) is 0 Å². The van der Waals surface area contributed by atoms with Crippen molar-refractivity contribution in [2.75, 3.05) is 0 Å². The summed E-state index contributed by atoms with van der Waals surface area (Å²) in [5.74, 6) is -0.458. The molecule has 0 aliphatic heterocycles. The van der Waals surface area contributed by atoms with Gasteiger partial charge < -0.3 is 45.7 Å². The monoisotopic (exact) mass is 392 g/mol. The lowest BCUT2D eigenvalue weighted by atomic mass is 10.3. The molecule has 0 atom stereocenters. The van der Waals surface area contributed by atoms with E-state index < -0.39 is 7.32 Å². The molecule has 28 heavy (non-hydrogen) atoms. The van der Waals surface area contributed by atoms with E-state index in [2.05, 4.69) is 0 Å². The molecule has 10 heteroatoms. The molecule has 0 aliphatic carbocycles. The van der Waals surface area contributed by atoms with Gasteiger partial charge in [0.2, 0.25) is 0 Å². The van der Waals surface area contributed by atoms with Gasteiger partial charge in [-0.2, -0.15) is 0 Å². The molecule has 0 aliphatic rings. The van der Waals surface area contributed by atoms with Crippen molar-refractivity contribution >= 4 is 7.32 Å². The summed E-state index contributed by atoms with van der Waals surface area (Å²) in [7, 11) is -2.17. The maximum absolute atomic E-state index is 8.67. The predicted molar refractivity (Wildman–Crippen MR) is 102 cm³/mol. The first kappa shape index (κ1) is 24.4. The van der Waals surface area contributed by atoms with Crippen LogP contribution in [0.5, 0.6) is 34.5 Å². The predicted octanol–water partition coefficient (Wildman–Crippen LogP) is 1.24. The Labute approximate surface area is 161 Å². The lowest BCUT2D eigenvalue weighted by molar-refractivity contribution is 0.278. The van der Waals surface area contributed by atoms with E-state index in [-0.39, 0.29) is 34.5 Å². The number of benzene rings is 3. The maximum atomic E-state index is 8.67. The number of para-hydroxylation sites is 6. The van der Waals surface area contributed by atoms with Gasteiger partial charge in [0, 0.05) is 0 Å². The summed E-state index contributed by atoms with van der Waals surface area (Å²) >= 11 is 0. The first-order chi connectivity index (χ1) is 13.1. The van der Waals surface area contributed by atoms with Crippen LogP contribution in [0.1, 0.15) is 0 Å². The molecule has 3 aromatic rings. The molecule has 9 N–H and O–H groups in total. The van der Waals surface area contributed by atoms with Gasteiger partial charge in [-0.25, -0.2) is 0 Å². The zero-order valence-electron chi connectivity index (χ0n) is 14.5. The fourth-order valence-electron chi connectivity index (χ4n) is 1.39. The SMILES string of the molecule is OB(O)O.Oc1ccccc1O.Oc1ccccc1O.Oc1ccccc1O. The van der Waals surface area contributed by atoms with Crippen molar-refractivity contribution in [1.29, 1.82) is 0 Å². The molecule has 0 saturated carbocycles. The van der Waals surface area contributed by atoms with Crippen LogP contribution < -0.4 is 0 Å². The van der Waals surface area contributed by atoms with Crippen LogP contribution >= 0.6 is 0 Å². The molecule has 0 radical (unpaired) electrons. The fraction of sp³-hybridized carbons (Fsp3) is 0. The summed E-state index contributed by atoms with van der Waals surface area (Å²) in [5, 5.41) is 73.5. The van der Waals surface area contributed by atoms with E-state index in [9.17, 15) is 0 Å². The fourth-order valence-corrected chi connectivity index (χ4v) is 1.39. The van der Waals surface area contributed by atoms with Crippen molar-refractivity contribution in [1.82, 2.24) is 0 Å². The zero-order chi connectivity index (χ0) is 21.5. The second kappa shape index (κ2) is 13.6. The highest BCUT2D eigenvalue weighted by Gasteiger charge is 1.93. The van der Waals surface area contributed by atoms with Gasteiger partial charge in [-0.1, -0.05) is 36.4 Å². The van der Waals surface area contributed by atoms with E-state index in [1.165, 1.54) is 36.4 Å². The number of phenols is 6. The van der Waals surface area contributed by atoms with Crippen molar-refractivity contribution in [2.24, 2.45) is 0 Å². The van der Waals surface area contributed by atoms with Crippen LogP contribution in [0.3, 0.4) is 0 Å². The molecule has 0 saturated heterocycles. The highest BCUT2D eigenvalue weighted by Crippen LogP contribution is 2.22. The third-order valence-electron chi connectivity index (χ3n) is 2.65. The van der Waals surface area contributed by atoms with Gasteiger partial charge >= 0.3 is 7.32 Å². The van der Waals surface area contributed by atoms with Crippen molar-refractivity contribution < 1.29 is 45.7 Å². The average Bonchev–Trinajstić information content (AvgIpc) is 2.63. The highest BCUT2D eigenvalue weighted by atomic mass is 16.5. The van der Waals surface area contributed by atoms with Crippen LogP contribution in [0.2, 0.25) is 0 Å². The van der Waals surface area contributed by atoms with Crippen molar-refractivity contribution in [2.45, 2.75) is 0 Å². The van der Waals surface area contributed by atoms with Gasteiger partial charge in [-0.15, -0.1) is 0 Å². The smallest absolute Gasteiger partial charge is 0.504 e. The standard InChI is InChI=1S/3C6H6O2.BH3O3/c3*7-5-3-1-2-4-6(5)8;2-1(3)4/h3*1-4,7-8H;2-4H. The summed E-state index contributed by atoms with van der Waals surface area (Å²) < 4.78 is 0. The first-order valence-corrected chi connectivity index (χ1v) is 7.60. The molecule has 0 bridgehead atoms. The van der Waals surface area contributed by atoms with Crippen LogP contribution in [-0.4, -0.2) is 53.0 Å². The minimum Gasteiger partial charge on any atom is -0.504 e. The van der Waals surface area contributed by atoms with E-state index in [1.54, 1.807) is 36.4 Å².